The molecule has 1 aromatic heterocycles. The van der Waals surface area contributed by atoms with Gasteiger partial charge in [-0.3, -0.25) is 4.79 Å². The third kappa shape index (κ3) is 2.39. The number of H-pyrrole nitrogens is 1. The Labute approximate surface area is 99.7 Å². The number of aromatic nitrogens is 1. The van der Waals surface area contributed by atoms with Gasteiger partial charge < -0.3 is 15.0 Å². The van der Waals surface area contributed by atoms with Crippen LogP contribution in [0.25, 0.3) is 10.9 Å². The highest BCUT2D eigenvalue weighted by molar-refractivity contribution is 5.99. The smallest absolute Gasteiger partial charge is 0.405 e. The summed E-state index contributed by atoms with van der Waals surface area (Å²) in [6.45, 7) is 0. The van der Waals surface area contributed by atoms with E-state index in [1.165, 1.54) is 25.2 Å². The van der Waals surface area contributed by atoms with Crippen molar-refractivity contribution in [2.75, 3.05) is 7.05 Å². The second kappa shape index (κ2) is 4.25. The summed E-state index contributed by atoms with van der Waals surface area (Å²) in [5.74, 6) is -0.754. The van der Waals surface area contributed by atoms with Crippen molar-refractivity contribution in [3.05, 3.63) is 30.0 Å². The number of nitrogens with one attached hydrogen (secondary N) is 2. The number of ether oxygens (including phenoxy) is 1. The van der Waals surface area contributed by atoms with Crippen LogP contribution in [-0.4, -0.2) is 24.3 Å². The fourth-order valence-electron chi connectivity index (χ4n) is 1.60. The lowest BCUT2D eigenvalue weighted by atomic mass is 10.2. The van der Waals surface area contributed by atoms with E-state index in [1.807, 2.05) is 0 Å². The van der Waals surface area contributed by atoms with Crippen molar-refractivity contribution in [2.45, 2.75) is 6.36 Å². The summed E-state index contributed by atoms with van der Waals surface area (Å²) in [5.41, 5.74) is 0.570. The van der Waals surface area contributed by atoms with Gasteiger partial charge in [0.1, 0.15) is 11.4 Å². The van der Waals surface area contributed by atoms with Gasteiger partial charge in [-0.1, -0.05) is 6.07 Å². The average molecular weight is 258 g/mol. The fourth-order valence-corrected chi connectivity index (χ4v) is 1.60. The maximum absolute atomic E-state index is 12.2. The van der Waals surface area contributed by atoms with E-state index in [-0.39, 0.29) is 16.8 Å². The van der Waals surface area contributed by atoms with E-state index in [0.29, 0.717) is 5.52 Å². The molecule has 7 heteroatoms. The molecule has 0 spiro atoms. The molecular formula is C11H9F3N2O2. The molecule has 0 radical (unpaired) electrons. The Bertz CT molecular complexity index is 589. The van der Waals surface area contributed by atoms with Gasteiger partial charge in [0.15, 0.2) is 0 Å². The highest BCUT2D eigenvalue weighted by Crippen LogP contribution is 2.30. The summed E-state index contributed by atoms with van der Waals surface area (Å²) >= 11 is 0. The Hall–Kier alpha value is -2.18. The Morgan fingerprint density at radius 2 is 2.11 bits per heavy atom. The zero-order chi connectivity index (χ0) is 13.3. The number of hydrogen-bond donors (Lipinski definition) is 2. The fraction of sp³-hybridized carbons (Fsp3) is 0.182. The SMILES string of the molecule is CNC(=O)c1cc2c(OC(F)(F)F)cccc2[nH]1. The number of aromatic amines is 1. The van der Waals surface area contributed by atoms with Gasteiger partial charge in [0.05, 0.1) is 0 Å². The van der Waals surface area contributed by atoms with Gasteiger partial charge in [-0.05, 0) is 18.2 Å². The molecule has 2 aromatic rings. The minimum atomic E-state index is -4.77. The van der Waals surface area contributed by atoms with Crippen LogP contribution in [0, 0.1) is 0 Å². The summed E-state index contributed by atoms with van der Waals surface area (Å²) in [6.07, 6.45) is -4.77. The van der Waals surface area contributed by atoms with Crippen LogP contribution in [0.15, 0.2) is 24.3 Å². The predicted molar refractivity (Wildman–Crippen MR) is 58.4 cm³/mol. The lowest BCUT2D eigenvalue weighted by Gasteiger charge is -2.09. The summed E-state index contributed by atoms with van der Waals surface area (Å²) in [6, 6.07) is 5.48. The minimum absolute atomic E-state index is 0.172. The molecule has 1 amide bonds. The van der Waals surface area contributed by atoms with Crippen molar-refractivity contribution >= 4 is 16.8 Å². The van der Waals surface area contributed by atoms with E-state index in [2.05, 4.69) is 15.0 Å². The van der Waals surface area contributed by atoms with E-state index in [0.717, 1.165) is 0 Å². The zero-order valence-corrected chi connectivity index (χ0v) is 9.26. The molecule has 0 atom stereocenters. The van der Waals surface area contributed by atoms with Gasteiger partial charge >= 0.3 is 6.36 Å². The number of carbonyl (C=O) groups is 1. The van der Waals surface area contributed by atoms with Crippen molar-refractivity contribution < 1.29 is 22.7 Å². The molecule has 1 heterocycles. The molecule has 2 N–H and O–H groups in total. The highest BCUT2D eigenvalue weighted by atomic mass is 19.4. The molecular weight excluding hydrogens is 249 g/mol. The van der Waals surface area contributed by atoms with Crippen LogP contribution >= 0.6 is 0 Å². The first-order valence-corrected chi connectivity index (χ1v) is 5.00. The highest BCUT2D eigenvalue weighted by Gasteiger charge is 2.32. The van der Waals surface area contributed by atoms with Gasteiger partial charge in [0, 0.05) is 18.0 Å². The normalized spacial score (nSPS) is 11.6. The predicted octanol–water partition coefficient (Wildman–Crippen LogP) is 2.43. The van der Waals surface area contributed by atoms with E-state index in [9.17, 15) is 18.0 Å². The quantitative estimate of drug-likeness (QED) is 0.869. The third-order valence-electron chi connectivity index (χ3n) is 2.32. The first kappa shape index (κ1) is 12.3. The first-order chi connectivity index (χ1) is 8.40. The molecule has 0 aliphatic heterocycles. The minimum Gasteiger partial charge on any atom is -0.405 e. The Balaban J connectivity index is 2.49. The molecule has 0 saturated carbocycles. The molecule has 0 aliphatic rings. The molecule has 0 fully saturated rings. The number of carbonyl (C=O) groups excluding carboxylic acids is 1. The number of alkyl halides is 3. The molecule has 1 aromatic carbocycles. The average Bonchev–Trinajstić information content (AvgIpc) is 2.71. The van der Waals surface area contributed by atoms with E-state index >= 15 is 0 Å². The zero-order valence-electron chi connectivity index (χ0n) is 9.26. The largest absolute Gasteiger partial charge is 0.573 e. The molecule has 96 valence electrons. The van der Waals surface area contributed by atoms with Crippen LogP contribution in [-0.2, 0) is 0 Å². The number of benzene rings is 1. The van der Waals surface area contributed by atoms with Crippen molar-refractivity contribution in [3.63, 3.8) is 0 Å². The summed E-state index contributed by atoms with van der Waals surface area (Å²) < 4.78 is 40.5. The topological polar surface area (TPSA) is 54.1 Å². The maximum atomic E-state index is 12.2. The van der Waals surface area contributed by atoms with Gasteiger partial charge in [0.25, 0.3) is 5.91 Å². The molecule has 2 rings (SSSR count). The van der Waals surface area contributed by atoms with E-state index in [1.54, 1.807) is 6.07 Å². The van der Waals surface area contributed by atoms with Crippen LogP contribution < -0.4 is 10.1 Å². The van der Waals surface area contributed by atoms with Gasteiger partial charge in [-0.25, -0.2) is 0 Å². The number of halogens is 3. The standard InChI is InChI=1S/C11H9F3N2O2/c1-15-10(17)8-5-6-7(16-8)3-2-4-9(6)18-11(12,13)14/h2-5,16H,1H3,(H,15,17). The monoisotopic (exact) mass is 258 g/mol. The molecule has 0 aliphatic carbocycles. The summed E-state index contributed by atoms with van der Waals surface area (Å²) in [5, 5.41) is 2.58. The number of rotatable bonds is 2. The van der Waals surface area contributed by atoms with Crippen molar-refractivity contribution in [1.82, 2.24) is 10.3 Å². The molecule has 0 bridgehead atoms. The van der Waals surface area contributed by atoms with Crippen LogP contribution in [0.3, 0.4) is 0 Å². The van der Waals surface area contributed by atoms with Gasteiger partial charge in [0.2, 0.25) is 0 Å². The summed E-state index contributed by atoms with van der Waals surface area (Å²) in [7, 11) is 1.43. The van der Waals surface area contributed by atoms with Crippen LogP contribution in [0.4, 0.5) is 13.2 Å². The Morgan fingerprint density at radius 1 is 1.39 bits per heavy atom. The van der Waals surface area contributed by atoms with Crippen molar-refractivity contribution in [2.24, 2.45) is 0 Å². The second-order valence-electron chi connectivity index (χ2n) is 3.53. The summed E-state index contributed by atoms with van der Waals surface area (Å²) in [4.78, 5) is 14.1. The third-order valence-corrected chi connectivity index (χ3v) is 2.32. The first-order valence-electron chi connectivity index (χ1n) is 5.00. The number of amides is 1. The lowest BCUT2D eigenvalue weighted by molar-refractivity contribution is -0.274. The Morgan fingerprint density at radius 3 is 2.72 bits per heavy atom. The molecule has 0 saturated heterocycles. The molecule has 18 heavy (non-hydrogen) atoms. The molecule has 0 unspecified atom stereocenters. The maximum Gasteiger partial charge on any atom is 0.573 e. The van der Waals surface area contributed by atoms with E-state index in [4.69, 9.17) is 0 Å². The van der Waals surface area contributed by atoms with Gasteiger partial charge in [-0.2, -0.15) is 0 Å². The van der Waals surface area contributed by atoms with Crippen molar-refractivity contribution in [1.29, 1.82) is 0 Å². The number of hydrogen-bond acceptors (Lipinski definition) is 2. The second-order valence-corrected chi connectivity index (χ2v) is 3.53. The van der Waals surface area contributed by atoms with Gasteiger partial charge in [-0.15, -0.1) is 13.2 Å². The molecule has 4 nitrogen and oxygen atoms in total. The van der Waals surface area contributed by atoms with E-state index < -0.39 is 12.3 Å². The Kier molecular flexibility index (Phi) is 2.90. The van der Waals surface area contributed by atoms with Crippen LogP contribution in [0.1, 0.15) is 10.5 Å². The van der Waals surface area contributed by atoms with Crippen LogP contribution in [0.2, 0.25) is 0 Å². The van der Waals surface area contributed by atoms with Crippen LogP contribution in [0.5, 0.6) is 5.75 Å². The lowest BCUT2D eigenvalue weighted by Crippen LogP contribution is -2.18. The number of fused-ring (bicyclic) bond motifs is 1. The van der Waals surface area contributed by atoms with Crippen molar-refractivity contribution in [3.8, 4) is 5.75 Å².